The zero-order chi connectivity index (χ0) is 29.0. The molecular weight excluding hydrogens is 524 g/mol. The second-order valence-electron chi connectivity index (χ2n) is 10.4. The Morgan fingerprint density at radius 2 is 1.73 bits per heavy atom. The van der Waals surface area contributed by atoms with Gasteiger partial charge in [0.25, 0.3) is 5.91 Å². The quantitative estimate of drug-likeness (QED) is 0.200. The van der Waals surface area contributed by atoms with Gasteiger partial charge in [0.2, 0.25) is 0 Å². The minimum atomic E-state index is -1.05. The summed E-state index contributed by atoms with van der Waals surface area (Å²) in [7, 11) is 2.00. The number of carboxylic acid groups (broad SMARTS) is 1. The summed E-state index contributed by atoms with van der Waals surface area (Å²) >= 11 is 6.27. The van der Waals surface area contributed by atoms with Crippen LogP contribution in [0.2, 0.25) is 5.02 Å². The fourth-order valence-corrected chi connectivity index (χ4v) is 5.08. The lowest BCUT2D eigenvalue weighted by molar-refractivity contribution is -0.144. The molecule has 40 heavy (non-hydrogen) atoms. The van der Waals surface area contributed by atoms with E-state index in [2.05, 4.69) is 48.0 Å². The number of unbranched alkanes of at least 4 members (excludes halogenated alkanes) is 1. The third-order valence-electron chi connectivity index (χ3n) is 7.56. The molecule has 2 N–H and O–H groups in total. The predicted octanol–water partition coefficient (Wildman–Crippen LogP) is 7.42. The molecule has 6 nitrogen and oxygen atoms in total. The number of rotatable bonds is 11. The average Bonchev–Trinajstić information content (AvgIpc) is 3.17. The van der Waals surface area contributed by atoms with E-state index in [0.29, 0.717) is 22.8 Å². The molecule has 0 aliphatic rings. The molecule has 2 atom stereocenters. The largest absolute Gasteiger partial charge is 0.479 e. The number of nitrogens with zero attached hydrogens (tertiary/aromatic N) is 1. The van der Waals surface area contributed by atoms with Gasteiger partial charge in [0.15, 0.2) is 6.10 Å². The van der Waals surface area contributed by atoms with Crippen molar-refractivity contribution in [2.24, 2.45) is 7.05 Å². The number of ether oxygens (including phenoxy) is 1. The third kappa shape index (κ3) is 6.50. The minimum Gasteiger partial charge on any atom is -0.479 e. The topological polar surface area (TPSA) is 80.6 Å². The van der Waals surface area contributed by atoms with Gasteiger partial charge in [0.1, 0.15) is 5.75 Å². The van der Waals surface area contributed by atoms with Crippen LogP contribution in [-0.4, -0.2) is 27.7 Å². The Bertz CT molecular complexity index is 1520. The smallest absolute Gasteiger partial charge is 0.344 e. The van der Waals surface area contributed by atoms with Crippen LogP contribution >= 0.6 is 11.6 Å². The van der Waals surface area contributed by atoms with E-state index >= 15 is 0 Å². The Morgan fingerprint density at radius 1 is 1.02 bits per heavy atom. The molecule has 0 aliphatic heterocycles. The number of amides is 1. The summed E-state index contributed by atoms with van der Waals surface area (Å²) in [5, 5.41) is 13.8. The molecule has 0 unspecified atom stereocenters. The standard InChI is InChI=1S/C33H37ClN2O4/c1-6-7-8-23-9-12-25(13-10-23)20(2)35-32(37)26-14-15-27-28(21(3)36(5)30(27)19-26)17-24-11-16-29(34)31(18-24)40-22(4)33(38)39/h9-16,18-20,22H,6-8,17H2,1-5H3,(H,35,37)(H,38,39)/t20-,22-/m0/s1. The average molecular weight is 561 g/mol. The Kier molecular flexibility index (Phi) is 9.21. The maximum Gasteiger partial charge on any atom is 0.344 e. The summed E-state index contributed by atoms with van der Waals surface area (Å²) in [6, 6.07) is 19.6. The number of nitrogens with one attached hydrogen (secondary N) is 1. The lowest BCUT2D eigenvalue weighted by atomic mass is 10.0. The Balaban J connectivity index is 1.53. The van der Waals surface area contributed by atoms with Gasteiger partial charge < -0.3 is 19.7 Å². The molecule has 3 aromatic carbocycles. The van der Waals surface area contributed by atoms with E-state index in [1.54, 1.807) is 12.1 Å². The highest BCUT2D eigenvalue weighted by molar-refractivity contribution is 6.32. The highest BCUT2D eigenvalue weighted by Gasteiger charge is 2.19. The maximum absolute atomic E-state index is 13.2. The summed E-state index contributed by atoms with van der Waals surface area (Å²) in [6.07, 6.45) is 3.02. The van der Waals surface area contributed by atoms with Gasteiger partial charge in [-0.1, -0.05) is 61.3 Å². The van der Waals surface area contributed by atoms with Gasteiger partial charge in [-0.3, -0.25) is 4.79 Å². The summed E-state index contributed by atoms with van der Waals surface area (Å²) in [6.45, 7) is 7.72. The molecule has 210 valence electrons. The SMILES string of the molecule is CCCCc1ccc([C@H](C)NC(=O)c2ccc3c(Cc4ccc(Cl)c(O[C@@H](C)C(=O)O)c4)c(C)n(C)c3c2)cc1. The summed E-state index contributed by atoms with van der Waals surface area (Å²) in [5.74, 6) is -0.826. The fraction of sp³-hybridized carbons (Fsp3) is 0.333. The van der Waals surface area contributed by atoms with E-state index in [0.717, 1.165) is 39.7 Å². The van der Waals surface area contributed by atoms with Crippen molar-refractivity contribution in [2.75, 3.05) is 0 Å². The van der Waals surface area contributed by atoms with Crippen molar-refractivity contribution in [2.45, 2.75) is 65.5 Å². The van der Waals surface area contributed by atoms with Crippen molar-refractivity contribution in [1.29, 1.82) is 0 Å². The molecule has 7 heteroatoms. The van der Waals surface area contributed by atoms with Crippen molar-refractivity contribution >= 4 is 34.4 Å². The minimum absolute atomic E-state index is 0.112. The number of hydrogen-bond acceptors (Lipinski definition) is 3. The Hall–Kier alpha value is -3.77. The second kappa shape index (κ2) is 12.6. The molecule has 0 fully saturated rings. The molecule has 0 aliphatic carbocycles. The summed E-state index contributed by atoms with van der Waals surface area (Å²) < 4.78 is 7.65. The van der Waals surface area contributed by atoms with Gasteiger partial charge in [-0.2, -0.15) is 0 Å². The van der Waals surface area contributed by atoms with Gasteiger partial charge in [-0.05, 0) is 86.6 Å². The van der Waals surface area contributed by atoms with Gasteiger partial charge in [0, 0.05) is 29.2 Å². The molecule has 4 rings (SSSR count). The van der Waals surface area contributed by atoms with E-state index in [1.807, 2.05) is 38.2 Å². The molecule has 1 heterocycles. The first-order valence-corrected chi connectivity index (χ1v) is 14.1. The fourth-order valence-electron chi connectivity index (χ4n) is 4.92. The Morgan fingerprint density at radius 3 is 2.40 bits per heavy atom. The predicted molar refractivity (Wildman–Crippen MR) is 161 cm³/mol. The van der Waals surface area contributed by atoms with Gasteiger partial charge in [-0.15, -0.1) is 0 Å². The van der Waals surface area contributed by atoms with E-state index in [1.165, 1.54) is 25.3 Å². The first-order chi connectivity index (χ1) is 19.1. The van der Waals surface area contributed by atoms with Crippen LogP contribution in [0, 0.1) is 6.92 Å². The number of aliphatic carboxylic acids is 1. The number of fused-ring (bicyclic) bond motifs is 1. The molecule has 0 bridgehead atoms. The van der Waals surface area contributed by atoms with Crippen LogP contribution < -0.4 is 10.1 Å². The summed E-state index contributed by atoms with van der Waals surface area (Å²) in [4.78, 5) is 24.4. The van der Waals surface area contributed by atoms with E-state index in [9.17, 15) is 14.7 Å². The zero-order valence-corrected chi connectivity index (χ0v) is 24.5. The lowest BCUT2D eigenvalue weighted by Crippen LogP contribution is -2.26. The molecular formula is C33H37ClN2O4. The first-order valence-electron chi connectivity index (χ1n) is 13.7. The van der Waals surface area contributed by atoms with Crippen molar-refractivity contribution in [3.63, 3.8) is 0 Å². The number of carboxylic acids is 1. The van der Waals surface area contributed by atoms with Crippen LogP contribution in [0.15, 0.2) is 60.7 Å². The number of carbonyl (C=O) groups excluding carboxylic acids is 1. The van der Waals surface area contributed by atoms with E-state index in [-0.39, 0.29) is 11.9 Å². The number of aromatic nitrogens is 1. The van der Waals surface area contributed by atoms with Crippen LogP contribution in [0.25, 0.3) is 10.9 Å². The van der Waals surface area contributed by atoms with Crippen LogP contribution in [-0.2, 0) is 24.7 Å². The highest BCUT2D eigenvalue weighted by Crippen LogP contribution is 2.32. The van der Waals surface area contributed by atoms with E-state index < -0.39 is 12.1 Å². The molecule has 1 amide bonds. The molecule has 4 aromatic rings. The van der Waals surface area contributed by atoms with E-state index in [4.69, 9.17) is 16.3 Å². The number of benzene rings is 3. The number of aryl methyl sites for hydroxylation is 2. The molecule has 0 radical (unpaired) electrons. The monoisotopic (exact) mass is 560 g/mol. The number of hydrogen-bond donors (Lipinski definition) is 2. The van der Waals surface area contributed by atoms with Crippen molar-refractivity contribution in [3.05, 3.63) is 99.2 Å². The third-order valence-corrected chi connectivity index (χ3v) is 7.87. The first kappa shape index (κ1) is 29.2. The van der Waals surface area contributed by atoms with Gasteiger partial charge >= 0.3 is 5.97 Å². The lowest BCUT2D eigenvalue weighted by Gasteiger charge is -2.15. The molecule has 0 saturated heterocycles. The van der Waals surface area contributed by atoms with Crippen molar-refractivity contribution < 1.29 is 19.4 Å². The van der Waals surface area contributed by atoms with Gasteiger partial charge in [0.05, 0.1) is 11.1 Å². The van der Waals surface area contributed by atoms with Crippen LogP contribution in [0.5, 0.6) is 5.75 Å². The normalized spacial score (nSPS) is 12.8. The molecule has 0 saturated carbocycles. The number of carbonyl (C=O) groups is 2. The zero-order valence-electron chi connectivity index (χ0n) is 23.8. The molecule has 0 spiro atoms. The van der Waals surface area contributed by atoms with Crippen LogP contribution in [0.1, 0.15) is 78.0 Å². The second-order valence-corrected chi connectivity index (χ2v) is 10.8. The molecule has 1 aromatic heterocycles. The summed E-state index contributed by atoms with van der Waals surface area (Å²) in [5.41, 5.74) is 7.14. The van der Waals surface area contributed by atoms with Crippen LogP contribution in [0.4, 0.5) is 0 Å². The van der Waals surface area contributed by atoms with Crippen LogP contribution in [0.3, 0.4) is 0 Å². The van der Waals surface area contributed by atoms with Crippen molar-refractivity contribution in [3.8, 4) is 5.75 Å². The highest BCUT2D eigenvalue weighted by atomic mass is 35.5. The maximum atomic E-state index is 13.2. The van der Waals surface area contributed by atoms with Gasteiger partial charge in [-0.25, -0.2) is 4.79 Å². The Labute approximate surface area is 240 Å². The number of halogens is 1. The van der Waals surface area contributed by atoms with Crippen molar-refractivity contribution in [1.82, 2.24) is 9.88 Å².